The van der Waals surface area contributed by atoms with Crippen molar-refractivity contribution < 1.29 is 8.42 Å². The summed E-state index contributed by atoms with van der Waals surface area (Å²) in [6.45, 7) is 0. The van der Waals surface area contributed by atoms with Crippen LogP contribution in [0, 0.1) is 11.3 Å². The number of aromatic nitrogens is 2. The van der Waals surface area contributed by atoms with Gasteiger partial charge in [0.15, 0.2) is 15.5 Å². The summed E-state index contributed by atoms with van der Waals surface area (Å²) in [7, 11) is -3.45. The Kier molecular flexibility index (Phi) is 3.08. The summed E-state index contributed by atoms with van der Waals surface area (Å²) >= 11 is 0. The average Bonchev–Trinajstić information content (AvgIpc) is 2.38. The van der Waals surface area contributed by atoms with Crippen LogP contribution in [0.1, 0.15) is 5.69 Å². The van der Waals surface area contributed by atoms with Gasteiger partial charge < -0.3 is 0 Å². The lowest BCUT2D eigenvalue weighted by Crippen LogP contribution is -2.03. The average molecular weight is 259 g/mol. The van der Waals surface area contributed by atoms with E-state index in [9.17, 15) is 8.42 Å². The summed E-state index contributed by atoms with van der Waals surface area (Å²) in [5.74, 6) is 0. The zero-order valence-electron chi connectivity index (χ0n) is 9.53. The maximum atomic E-state index is 11.5. The Balaban J connectivity index is 2.61. The molecule has 0 bridgehead atoms. The number of nitrogens with zero attached hydrogens (tertiary/aromatic N) is 3. The lowest BCUT2D eigenvalue weighted by atomic mass is 10.2. The highest BCUT2D eigenvalue weighted by Crippen LogP contribution is 2.19. The molecule has 0 aliphatic rings. The van der Waals surface area contributed by atoms with Crippen molar-refractivity contribution in [2.24, 2.45) is 0 Å². The SMILES string of the molecule is CS(=O)(=O)c1ccc(-c2ccccn2)nc1C#N. The zero-order chi connectivity index (χ0) is 13.2. The molecule has 18 heavy (non-hydrogen) atoms. The van der Waals surface area contributed by atoms with Gasteiger partial charge in [-0.05, 0) is 24.3 Å². The fourth-order valence-electron chi connectivity index (χ4n) is 1.48. The second-order valence-corrected chi connectivity index (χ2v) is 5.63. The van der Waals surface area contributed by atoms with E-state index in [2.05, 4.69) is 9.97 Å². The van der Waals surface area contributed by atoms with E-state index in [0.29, 0.717) is 11.4 Å². The van der Waals surface area contributed by atoms with Gasteiger partial charge >= 0.3 is 0 Å². The standard InChI is InChI=1S/C12H9N3O2S/c1-18(16,17)12-6-5-10(15-11(12)8-13)9-4-2-3-7-14-9/h2-7H,1H3. The van der Waals surface area contributed by atoms with Crippen molar-refractivity contribution in [3.8, 4) is 17.5 Å². The molecule has 0 N–H and O–H groups in total. The molecule has 2 aromatic heterocycles. The lowest BCUT2D eigenvalue weighted by Gasteiger charge is -2.03. The van der Waals surface area contributed by atoms with Gasteiger partial charge in [0.1, 0.15) is 11.0 Å². The molecule has 0 aliphatic heterocycles. The first-order valence-corrected chi connectivity index (χ1v) is 6.94. The first kappa shape index (κ1) is 12.2. The van der Waals surface area contributed by atoms with Gasteiger partial charge in [0, 0.05) is 12.5 Å². The molecule has 6 heteroatoms. The molecule has 0 radical (unpaired) electrons. The number of sulfone groups is 1. The van der Waals surface area contributed by atoms with E-state index in [1.807, 2.05) is 0 Å². The van der Waals surface area contributed by atoms with E-state index in [-0.39, 0.29) is 10.6 Å². The van der Waals surface area contributed by atoms with Crippen LogP contribution >= 0.6 is 0 Å². The second kappa shape index (κ2) is 4.55. The highest BCUT2D eigenvalue weighted by atomic mass is 32.2. The molecular formula is C12H9N3O2S. The predicted molar refractivity (Wildman–Crippen MR) is 65.3 cm³/mol. The van der Waals surface area contributed by atoms with Crippen LogP contribution in [0.4, 0.5) is 0 Å². The summed E-state index contributed by atoms with van der Waals surface area (Å²) in [5.41, 5.74) is 0.953. The number of hydrogen-bond donors (Lipinski definition) is 0. The van der Waals surface area contributed by atoms with Crippen molar-refractivity contribution in [2.75, 3.05) is 6.26 Å². The molecule has 0 amide bonds. The molecule has 2 aromatic rings. The summed E-state index contributed by atoms with van der Waals surface area (Å²) in [6.07, 6.45) is 2.65. The van der Waals surface area contributed by atoms with Crippen LogP contribution in [0.25, 0.3) is 11.4 Å². The van der Waals surface area contributed by atoms with Crippen molar-refractivity contribution in [3.63, 3.8) is 0 Å². The highest BCUT2D eigenvalue weighted by Gasteiger charge is 2.15. The van der Waals surface area contributed by atoms with E-state index in [1.165, 1.54) is 6.07 Å². The molecule has 0 aromatic carbocycles. The highest BCUT2D eigenvalue weighted by molar-refractivity contribution is 7.90. The molecule has 0 saturated carbocycles. The minimum atomic E-state index is -3.45. The normalized spacial score (nSPS) is 10.9. The molecule has 90 valence electrons. The van der Waals surface area contributed by atoms with Gasteiger partial charge in [-0.15, -0.1) is 0 Å². The van der Waals surface area contributed by atoms with Gasteiger partial charge in [-0.1, -0.05) is 6.07 Å². The van der Waals surface area contributed by atoms with Crippen LogP contribution in [-0.2, 0) is 9.84 Å². The number of pyridine rings is 2. The van der Waals surface area contributed by atoms with Crippen molar-refractivity contribution in [3.05, 3.63) is 42.2 Å². The Morgan fingerprint density at radius 1 is 1.17 bits per heavy atom. The third-order valence-electron chi connectivity index (χ3n) is 2.29. The summed E-state index contributed by atoms with van der Waals surface area (Å²) in [6, 6.07) is 10.0. The van der Waals surface area contributed by atoms with E-state index < -0.39 is 9.84 Å². The predicted octanol–water partition coefficient (Wildman–Crippen LogP) is 1.42. The molecule has 5 nitrogen and oxygen atoms in total. The summed E-state index contributed by atoms with van der Waals surface area (Å²) < 4.78 is 22.9. The van der Waals surface area contributed by atoms with Crippen LogP contribution in [0.2, 0.25) is 0 Å². The van der Waals surface area contributed by atoms with Gasteiger partial charge in [-0.25, -0.2) is 13.4 Å². The smallest absolute Gasteiger partial charge is 0.178 e. The molecule has 0 fully saturated rings. The van der Waals surface area contributed by atoms with Crippen LogP contribution in [0.3, 0.4) is 0 Å². The Morgan fingerprint density at radius 2 is 1.94 bits per heavy atom. The van der Waals surface area contributed by atoms with Crippen LogP contribution < -0.4 is 0 Å². The van der Waals surface area contributed by atoms with Crippen LogP contribution in [-0.4, -0.2) is 24.6 Å². The Hall–Kier alpha value is -2.26. The quantitative estimate of drug-likeness (QED) is 0.814. The molecule has 0 atom stereocenters. The maximum Gasteiger partial charge on any atom is 0.178 e. The van der Waals surface area contributed by atoms with E-state index >= 15 is 0 Å². The first-order chi connectivity index (χ1) is 8.52. The number of hydrogen-bond acceptors (Lipinski definition) is 5. The third-order valence-corrected chi connectivity index (χ3v) is 3.42. The van der Waals surface area contributed by atoms with Gasteiger partial charge in [0.25, 0.3) is 0 Å². The third kappa shape index (κ3) is 2.36. The van der Waals surface area contributed by atoms with Crippen LogP contribution in [0.5, 0.6) is 0 Å². The van der Waals surface area contributed by atoms with E-state index in [4.69, 9.17) is 5.26 Å². The summed E-state index contributed by atoms with van der Waals surface area (Å²) in [5, 5.41) is 8.96. The maximum absolute atomic E-state index is 11.5. The van der Waals surface area contributed by atoms with Gasteiger partial charge in [-0.3, -0.25) is 4.98 Å². The Morgan fingerprint density at radius 3 is 2.50 bits per heavy atom. The fourth-order valence-corrected chi connectivity index (χ4v) is 2.24. The number of rotatable bonds is 2. The lowest BCUT2D eigenvalue weighted by molar-refractivity contribution is 0.601. The zero-order valence-corrected chi connectivity index (χ0v) is 10.3. The molecule has 2 heterocycles. The molecular weight excluding hydrogens is 250 g/mol. The molecule has 0 aliphatic carbocycles. The molecule has 0 spiro atoms. The van der Waals surface area contributed by atoms with Gasteiger partial charge in [0.05, 0.1) is 11.4 Å². The van der Waals surface area contributed by atoms with Crippen molar-refractivity contribution in [1.82, 2.24) is 9.97 Å². The molecule has 0 unspecified atom stereocenters. The van der Waals surface area contributed by atoms with E-state index in [0.717, 1.165) is 6.26 Å². The van der Waals surface area contributed by atoms with Gasteiger partial charge in [-0.2, -0.15) is 5.26 Å². The monoisotopic (exact) mass is 259 g/mol. The molecule has 2 rings (SSSR count). The Labute approximate surface area is 105 Å². The summed E-state index contributed by atoms with van der Waals surface area (Å²) in [4.78, 5) is 8.05. The number of nitriles is 1. The van der Waals surface area contributed by atoms with Crippen molar-refractivity contribution in [2.45, 2.75) is 4.90 Å². The Bertz CT molecular complexity index is 719. The van der Waals surface area contributed by atoms with Crippen molar-refractivity contribution in [1.29, 1.82) is 5.26 Å². The largest absolute Gasteiger partial charge is 0.255 e. The molecule has 0 saturated heterocycles. The van der Waals surface area contributed by atoms with Crippen molar-refractivity contribution >= 4 is 9.84 Å². The second-order valence-electron chi connectivity index (χ2n) is 3.64. The minimum Gasteiger partial charge on any atom is -0.255 e. The minimum absolute atomic E-state index is 0.0651. The first-order valence-electron chi connectivity index (χ1n) is 5.05. The van der Waals surface area contributed by atoms with E-state index in [1.54, 1.807) is 36.5 Å². The topological polar surface area (TPSA) is 83.7 Å². The van der Waals surface area contributed by atoms with Crippen LogP contribution in [0.15, 0.2) is 41.4 Å². The van der Waals surface area contributed by atoms with Gasteiger partial charge in [0.2, 0.25) is 0 Å². The fraction of sp³-hybridized carbons (Fsp3) is 0.0833.